The number of nitrogens with one attached hydrogen (secondary N) is 1. The first-order chi connectivity index (χ1) is 10.0. The van der Waals surface area contributed by atoms with Crippen molar-refractivity contribution in [3.05, 3.63) is 39.9 Å². The minimum atomic E-state index is -0.225. The van der Waals surface area contributed by atoms with Crippen LogP contribution in [0.1, 0.15) is 39.8 Å². The highest BCUT2D eigenvalue weighted by molar-refractivity contribution is 7.80. The average Bonchev–Trinajstić information content (AvgIpc) is 2.87. The normalized spacial score (nSPS) is 10.4. The number of amides is 1. The molecule has 0 radical (unpaired) electrons. The molecule has 1 amide bonds. The highest BCUT2D eigenvalue weighted by atomic mass is 32.1. The highest BCUT2D eigenvalue weighted by Gasteiger charge is 2.18. The maximum atomic E-state index is 12.4. The smallest absolute Gasteiger partial charge is 0.269 e. The van der Waals surface area contributed by atoms with Crippen molar-refractivity contribution in [2.45, 2.75) is 26.7 Å². The average molecular weight is 320 g/mol. The minimum absolute atomic E-state index is 0.225. The predicted octanol–water partition coefficient (Wildman–Crippen LogP) is 2.69. The third-order valence-electron chi connectivity index (χ3n) is 3.02. The standard InChI is InChI=1S/C14H16N4OS2/c1-3-5-10-12(21-18-17-10)14(19)16-9-7-4-6-8(2)11(9)13(15)20/h4,6-7H,3,5H2,1-2H3,(H2,15,20)(H,16,19). The van der Waals surface area contributed by atoms with Gasteiger partial charge in [-0.25, -0.2) is 0 Å². The number of thiocarbonyl (C=S) groups is 1. The Morgan fingerprint density at radius 3 is 2.90 bits per heavy atom. The molecule has 0 aliphatic rings. The third-order valence-corrected chi connectivity index (χ3v) is 3.99. The van der Waals surface area contributed by atoms with Gasteiger partial charge in [-0.3, -0.25) is 4.79 Å². The van der Waals surface area contributed by atoms with Crippen LogP contribution in [0.5, 0.6) is 0 Å². The maximum absolute atomic E-state index is 12.4. The zero-order valence-corrected chi connectivity index (χ0v) is 13.5. The molecule has 2 aromatic rings. The van der Waals surface area contributed by atoms with E-state index in [0.29, 0.717) is 16.1 Å². The molecule has 3 N–H and O–H groups in total. The lowest BCUT2D eigenvalue weighted by molar-refractivity contribution is 0.102. The molecule has 2 rings (SSSR count). The van der Waals surface area contributed by atoms with Gasteiger partial charge in [-0.15, -0.1) is 5.10 Å². The summed E-state index contributed by atoms with van der Waals surface area (Å²) in [4.78, 5) is 13.2. The second-order valence-corrected chi connectivity index (χ2v) is 5.81. The topological polar surface area (TPSA) is 80.9 Å². The quantitative estimate of drug-likeness (QED) is 0.828. The van der Waals surface area contributed by atoms with Gasteiger partial charge >= 0.3 is 0 Å². The summed E-state index contributed by atoms with van der Waals surface area (Å²) in [6.45, 7) is 3.94. The zero-order chi connectivity index (χ0) is 15.4. The molecule has 0 atom stereocenters. The Bertz CT molecular complexity index is 681. The van der Waals surface area contributed by atoms with Crippen molar-refractivity contribution in [3.8, 4) is 0 Å². The van der Waals surface area contributed by atoms with E-state index in [9.17, 15) is 4.79 Å². The van der Waals surface area contributed by atoms with Crippen molar-refractivity contribution < 1.29 is 4.79 Å². The van der Waals surface area contributed by atoms with Crippen LogP contribution in [0.4, 0.5) is 5.69 Å². The van der Waals surface area contributed by atoms with E-state index in [1.807, 2.05) is 26.0 Å². The Labute approximate surface area is 132 Å². The second-order valence-electron chi connectivity index (χ2n) is 4.61. The Kier molecular flexibility index (Phi) is 4.98. The Balaban J connectivity index is 2.30. The fourth-order valence-corrected chi connectivity index (χ4v) is 2.93. The van der Waals surface area contributed by atoms with Crippen LogP contribution >= 0.6 is 23.8 Å². The van der Waals surface area contributed by atoms with Crippen LogP contribution in [-0.2, 0) is 6.42 Å². The molecule has 0 aliphatic heterocycles. The van der Waals surface area contributed by atoms with Gasteiger partial charge in [-0.05, 0) is 36.5 Å². The Morgan fingerprint density at radius 1 is 1.48 bits per heavy atom. The van der Waals surface area contributed by atoms with Gasteiger partial charge in [0.15, 0.2) is 0 Å². The number of aryl methyl sites for hydroxylation is 2. The van der Waals surface area contributed by atoms with Crippen LogP contribution in [0.3, 0.4) is 0 Å². The number of aromatic nitrogens is 2. The van der Waals surface area contributed by atoms with E-state index in [2.05, 4.69) is 14.9 Å². The SMILES string of the molecule is CCCc1nnsc1C(=O)Nc1cccc(C)c1C(N)=S. The van der Waals surface area contributed by atoms with Crippen LogP contribution in [-0.4, -0.2) is 20.5 Å². The largest absolute Gasteiger partial charge is 0.389 e. The number of anilines is 1. The molecule has 0 saturated heterocycles. The summed E-state index contributed by atoms with van der Waals surface area (Å²) in [5.41, 5.74) is 8.70. The monoisotopic (exact) mass is 320 g/mol. The van der Waals surface area contributed by atoms with Gasteiger partial charge in [-0.2, -0.15) is 0 Å². The molecule has 110 valence electrons. The number of nitrogens with zero attached hydrogens (tertiary/aromatic N) is 2. The number of benzene rings is 1. The lowest BCUT2D eigenvalue weighted by Gasteiger charge is -2.12. The van der Waals surface area contributed by atoms with Crippen molar-refractivity contribution in [2.24, 2.45) is 5.73 Å². The fraction of sp³-hybridized carbons (Fsp3) is 0.286. The summed E-state index contributed by atoms with van der Waals surface area (Å²) in [7, 11) is 0. The van der Waals surface area contributed by atoms with Crippen molar-refractivity contribution in [2.75, 3.05) is 5.32 Å². The molecule has 21 heavy (non-hydrogen) atoms. The van der Waals surface area contributed by atoms with Crippen molar-refractivity contribution >= 4 is 40.3 Å². The van der Waals surface area contributed by atoms with E-state index in [1.54, 1.807) is 6.07 Å². The lowest BCUT2D eigenvalue weighted by Crippen LogP contribution is -2.19. The van der Waals surface area contributed by atoms with Crippen LogP contribution in [0.15, 0.2) is 18.2 Å². The van der Waals surface area contributed by atoms with Gasteiger partial charge in [0.25, 0.3) is 5.91 Å². The van der Waals surface area contributed by atoms with E-state index >= 15 is 0 Å². The molecule has 0 unspecified atom stereocenters. The molecule has 0 fully saturated rings. The fourth-order valence-electron chi connectivity index (χ4n) is 2.06. The second kappa shape index (κ2) is 6.73. The zero-order valence-electron chi connectivity index (χ0n) is 11.8. The van der Waals surface area contributed by atoms with Gasteiger partial charge in [0.05, 0.1) is 11.4 Å². The third kappa shape index (κ3) is 3.43. The predicted molar refractivity (Wildman–Crippen MR) is 88.9 cm³/mol. The van der Waals surface area contributed by atoms with Crippen LogP contribution in [0, 0.1) is 6.92 Å². The first kappa shape index (κ1) is 15.5. The molecular formula is C14H16N4OS2. The maximum Gasteiger partial charge on any atom is 0.269 e. The summed E-state index contributed by atoms with van der Waals surface area (Å²) in [6.07, 6.45) is 1.64. The number of hydrogen-bond donors (Lipinski definition) is 2. The number of rotatable bonds is 5. The number of carbonyl (C=O) groups excluding carboxylic acids is 1. The van der Waals surface area contributed by atoms with E-state index in [4.69, 9.17) is 18.0 Å². The van der Waals surface area contributed by atoms with Crippen LogP contribution in [0.25, 0.3) is 0 Å². The van der Waals surface area contributed by atoms with E-state index in [0.717, 1.165) is 35.6 Å². The summed E-state index contributed by atoms with van der Waals surface area (Å²) in [5.74, 6) is -0.225. The van der Waals surface area contributed by atoms with Crippen molar-refractivity contribution in [1.29, 1.82) is 0 Å². The Hall–Kier alpha value is -1.86. The summed E-state index contributed by atoms with van der Waals surface area (Å²) in [6, 6.07) is 5.54. The molecule has 1 aromatic heterocycles. The molecule has 0 bridgehead atoms. The first-order valence-electron chi connectivity index (χ1n) is 6.56. The molecular weight excluding hydrogens is 304 g/mol. The lowest BCUT2D eigenvalue weighted by atomic mass is 10.1. The molecule has 0 aliphatic carbocycles. The van der Waals surface area contributed by atoms with Crippen molar-refractivity contribution in [3.63, 3.8) is 0 Å². The van der Waals surface area contributed by atoms with Gasteiger partial charge < -0.3 is 11.1 Å². The van der Waals surface area contributed by atoms with Gasteiger partial charge in [0.1, 0.15) is 9.87 Å². The van der Waals surface area contributed by atoms with E-state index in [-0.39, 0.29) is 10.9 Å². The van der Waals surface area contributed by atoms with Gasteiger partial charge in [-0.1, -0.05) is 42.2 Å². The molecule has 0 saturated carbocycles. The molecule has 1 aromatic carbocycles. The van der Waals surface area contributed by atoms with Crippen LogP contribution < -0.4 is 11.1 Å². The van der Waals surface area contributed by atoms with Crippen molar-refractivity contribution in [1.82, 2.24) is 9.59 Å². The van der Waals surface area contributed by atoms with Crippen LogP contribution in [0.2, 0.25) is 0 Å². The highest BCUT2D eigenvalue weighted by Crippen LogP contribution is 2.22. The number of hydrogen-bond acceptors (Lipinski definition) is 5. The van der Waals surface area contributed by atoms with Gasteiger partial charge in [0.2, 0.25) is 0 Å². The first-order valence-corrected chi connectivity index (χ1v) is 7.74. The number of nitrogens with two attached hydrogens (primary N) is 1. The molecule has 1 heterocycles. The summed E-state index contributed by atoms with van der Waals surface area (Å²) >= 11 is 6.16. The molecule has 0 spiro atoms. The summed E-state index contributed by atoms with van der Waals surface area (Å²) < 4.78 is 3.86. The minimum Gasteiger partial charge on any atom is -0.389 e. The molecule has 5 nitrogen and oxygen atoms in total. The molecule has 7 heteroatoms. The van der Waals surface area contributed by atoms with E-state index in [1.165, 1.54) is 0 Å². The van der Waals surface area contributed by atoms with Gasteiger partial charge in [0, 0.05) is 5.56 Å². The summed E-state index contributed by atoms with van der Waals surface area (Å²) in [5, 5.41) is 6.86. The Morgan fingerprint density at radius 2 is 2.24 bits per heavy atom. The van der Waals surface area contributed by atoms with E-state index < -0.39 is 0 Å². The number of carbonyl (C=O) groups is 1.